The molecule has 0 aliphatic heterocycles. The summed E-state index contributed by atoms with van der Waals surface area (Å²) >= 11 is 2.75. The number of hydrogen-bond donors (Lipinski definition) is 2. The van der Waals surface area contributed by atoms with Gasteiger partial charge in [-0.3, -0.25) is 4.79 Å². The number of rotatable bonds is 5. The molecule has 0 saturated carbocycles. The molecule has 2 aromatic rings. The van der Waals surface area contributed by atoms with Crippen molar-refractivity contribution in [2.24, 2.45) is 5.73 Å². The lowest BCUT2D eigenvalue weighted by molar-refractivity contribution is -0.117. The number of aromatic nitrogens is 2. The number of thioether (sulfide) groups is 1. The summed E-state index contributed by atoms with van der Waals surface area (Å²) in [5.74, 6) is -0.383. The van der Waals surface area contributed by atoms with Crippen LogP contribution in [0.15, 0.2) is 34.7 Å². The van der Waals surface area contributed by atoms with Crippen molar-refractivity contribution in [2.45, 2.75) is 35.9 Å². The molecule has 1 atom stereocenters. The summed E-state index contributed by atoms with van der Waals surface area (Å²) in [4.78, 5) is 11.7. The van der Waals surface area contributed by atoms with Crippen LogP contribution in [0.3, 0.4) is 0 Å². The Hall–Kier alpha value is -1.60. The second-order valence-corrected chi connectivity index (χ2v) is 7.89. The number of nitrogens with zero attached hydrogens (tertiary/aromatic N) is 2. The number of carbonyl (C=O) groups is 1. The lowest BCUT2D eigenvalue weighted by atomic mass is 10.1. The Kier molecular flexibility index (Phi) is 4.84. The molecule has 0 aliphatic carbocycles. The van der Waals surface area contributed by atoms with Crippen LogP contribution in [0.2, 0.25) is 0 Å². The molecule has 1 aromatic heterocycles. The highest BCUT2D eigenvalue weighted by molar-refractivity contribution is 8.01. The molecule has 0 bridgehead atoms. The normalized spacial score (nSPS) is 12.9. The lowest BCUT2D eigenvalue weighted by Crippen LogP contribution is -2.25. The maximum absolute atomic E-state index is 11.7. The average Bonchev–Trinajstić information content (AvgIpc) is 2.81. The van der Waals surface area contributed by atoms with Gasteiger partial charge in [0.25, 0.3) is 0 Å². The second-order valence-electron chi connectivity index (χ2n) is 5.56. The van der Waals surface area contributed by atoms with Gasteiger partial charge in [-0.1, -0.05) is 53.4 Å². The van der Waals surface area contributed by atoms with E-state index in [0.717, 1.165) is 15.0 Å². The first-order chi connectivity index (χ1) is 9.85. The molecule has 0 saturated heterocycles. The molecule has 5 nitrogen and oxygen atoms in total. The van der Waals surface area contributed by atoms with E-state index in [2.05, 4.69) is 36.3 Å². The lowest BCUT2D eigenvalue weighted by Gasteiger charge is -2.18. The number of benzene rings is 1. The van der Waals surface area contributed by atoms with Crippen molar-refractivity contribution in [2.75, 3.05) is 5.32 Å². The first-order valence-corrected chi connectivity index (χ1v) is 8.17. The topological polar surface area (TPSA) is 80.9 Å². The first kappa shape index (κ1) is 15.8. The van der Waals surface area contributed by atoms with Crippen molar-refractivity contribution in [1.29, 1.82) is 0 Å². The molecule has 0 radical (unpaired) electrons. The molecule has 0 spiro atoms. The summed E-state index contributed by atoms with van der Waals surface area (Å²) in [7, 11) is 0. The Balaban J connectivity index is 2.13. The SMILES string of the molecule is CC(C)(C)Nc1nnc(SC(C(N)=O)c2ccccc2)s1. The third-order valence-electron chi connectivity index (χ3n) is 2.47. The number of nitrogens with one attached hydrogen (secondary N) is 1. The van der Waals surface area contributed by atoms with Crippen molar-refractivity contribution in [3.8, 4) is 0 Å². The molecule has 21 heavy (non-hydrogen) atoms. The smallest absolute Gasteiger partial charge is 0.235 e. The van der Waals surface area contributed by atoms with Crippen LogP contribution in [0.4, 0.5) is 5.13 Å². The van der Waals surface area contributed by atoms with Crippen LogP contribution in [0.25, 0.3) is 0 Å². The third-order valence-corrected chi connectivity index (χ3v) is 4.66. The summed E-state index contributed by atoms with van der Waals surface area (Å²) in [5, 5.41) is 11.7. The predicted molar refractivity (Wildman–Crippen MR) is 87.5 cm³/mol. The van der Waals surface area contributed by atoms with Crippen molar-refractivity contribution < 1.29 is 4.79 Å². The minimum absolute atomic E-state index is 0.0794. The number of primary amides is 1. The van der Waals surface area contributed by atoms with Crippen LogP contribution in [-0.4, -0.2) is 21.6 Å². The third kappa shape index (κ3) is 4.71. The van der Waals surface area contributed by atoms with Crippen molar-refractivity contribution in [3.05, 3.63) is 35.9 Å². The first-order valence-electron chi connectivity index (χ1n) is 6.48. The van der Waals surface area contributed by atoms with Crippen LogP contribution in [-0.2, 0) is 4.79 Å². The van der Waals surface area contributed by atoms with Crippen LogP contribution >= 0.6 is 23.1 Å². The van der Waals surface area contributed by atoms with Crippen LogP contribution in [0.1, 0.15) is 31.6 Å². The molecule has 112 valence electrons. The number of amides is 1. The van der Waals surface area contributed by atoms with Gasteiger partial charge in [0, 0.05) is 5.54 Å². The van der Waals surface area contributed by atoms with Crippen LogP contribution in [0, 0.1) is 0 Å². The molecule has 0 fully saturated rings. The maximum atomic E-state index is 11.7. The quantitative estimate of drug-likeness (QED) is 0.827. The summed E-state index contributed by atoms with van der Waals surface area (Å²) < 4.78 is 0.717. The number of nitrogens with two attached hydrogens (primary N) is 1. The van der Waals surface area contributed by atoms with Gasteiger partial charge in [-0.05, 0) is 26.3 Å². The Labute approximate surface area is 132 Å². The molecular formula is C14H18N4OS2. The molecule has 1 aromatic carbocycles. The molecule has 1 amide bonds. The zero-order valence-corrected chi connectivity index (χ0v) is 13.8. The van der Waals surface area contributed by atoms with E-state index in [0.29, 0.717) is 0 Å². The number of anilines is 1. The zero-order chi connectivity index (χ0) is 15.5. The van der Waals surface area contributed by atoms with Gasteiger partial charge in [-0.15, -0.1) is 10.2 Å². The minimum atomic E-state index is -0.457. The van der Waals surface area contributed by atoms with Gasteiger partial charge in [0.15, 0.2) is 4.34 Å². The Bertz CT molecular complexity index is 607. The van der Waals surface area contributed by atoms with Gasteiger partial charge in [-0.2, -0.15) is 0 Å². The Morgan fingerprint density at radius 1 is 1.29 bits per heavy atom. The summed E-state index contributed by atoms with van der Waals surface area (Å²) in [6.45, 7) is 6.16. The number of hydrogen-bond acceptors (Lipinski definition) is 6. The van der Waals surface area contributed by atoms with Crippen LogP contribution in [0.5, 0.6) is 0 Å². The highest BCUT2D eigenvalue weighted by Gasteiger charge is 2.22. The van der Waals surface area contributed by atoms with E-state index in [1.54, 1.807) is 0 Å². The van der Waals surface area contributed by atoms with E-state index in [1.165, 1.54) is 23.1 Å². The molecule has 2 rings (SSSR count). The fourth-order valence-corrected chi connectivity index (χ4v) is 3.75. The van der Waals surface area contributed by atoms with Gasteiger partial charge in [0.05, 0.1) is 0 Å². The van der Waals surface area contributed by atoms with E-state index >= 15 is 0 Å². The van der Waals surface area contributed by atoms with E-state index < -0.39 is 5.25 Å². The average molecular weight is 322 g/mol. The largest absolute Gasteiger partial charge is 0.368 e. The van der Waals surface area contributed by atoms with E-state index in [-0.39, 0.29) is 11.4 Å². The standard InChI is InChI=1S/C14H18N4OS2/c1-14(2,3)16-12-17-18-13(21-12)20-10(11(15)19)9-7-5-4-6-8-9/h4-8,10H,1-3H3,(H2,15,19)(H,16,17). The van der Waals surface area contributed by atoms with E-state index in [1.807, 2.05) is 30.3 Å². The van der Waals surface area contributed by atoms with Gasteiger partial charge in [0.2, 0.25) is 11.0 Å². The highest BCUT2D eigenvalue weighted by Crippen LogP contribution is 2.37. The van der Waals surface area contributed by atoms with Crippen molar-refractivity contribution >= 4 is 34.1 Å². The molecule has 1 unspecified atom stereocenters. The Morgan fingerprint density at radius 3 is 2.52 bits per heavy atom. The Morgan fingerprint density at radius 2 is 1.95 bits per heavy atom. The fourth-order valence-electron chi connectivity index (χ4n) is 1.65. The summed E-state index contributed by atoms with van der Waals surface area (Å²) in [6, 6.07) is 9.45. The fraction of sp³-hybridized carbons (Fsp3) is 0.357. The molecular weight excluding hydrogens is 304 g/mol. The summed E-state index contributed by atoms with van der Waals surface area (Å²) in [6.07, 6.45) is 0. The maximum Gasteiger partial charge on any atom is 0.235 e. The van der Waals surface area contributed by atoms with Gasteiger partial charge in [0.1, 0.15) is 5.25 Å². The molecule has 7 heteroatoms. The number of carbonyl (C=O) groups excluding carboxylic acids is 1. The van der Waals surface area contributed by atoms with Crippen LogP contribution < -0.4 is 11.1 Å². The van der Waals surface area contributed by atoms with Gasteiger partial charge >= 0.3 is 0 Å². The molecule has 1 heterocycles. The zero-order valence-electron chi connectivity index (χ0n) is 12.2. The minimum Gasteiger partial charge on any atom is -0.368 e. The van der Waals surface area contributed by atoms with E-state index in [4.69, 9.17) is 5.73 Å². The monoisotopic (exact) mass is 322 g/mol. The van der Waals surface area contributed by atoms with Gasteiger partial charge in [-0.25, -0.2) is 0 Å². The summed E-state index contributed by atoms with van der Waals surface area (Å²) in [5.41, 5.74) is 6.30. The second kappa shape index (κ2) is 6.44. The highest BCUT2D eigenvalue weighted by atomic mass is 32.2. The molecule has 0 aliphatic rings. The van der Waals surface area contributed by atoms with Crippen molar-refractivity contribution in [1.82, 2.24) is 10.2 Å². The van der Waals surface area contributed by atoms with Crippen molar-refractivity contribution in [3.63, 3.8) is 0 Å². The molecule has 3 N–H and O–H groups in total. The predicted octanol–water partition coefficient (Wildman–Crippen LogP) is 3.07. The van der Waals surface area contributed by atoms with Gasteiger partial charge < -0.3 is 11.1 Å². The van der Waals surface area contributed by atoms with E-state index in [9.17, 15) is 4.79 Å².